The number of methoxy groups -OCH3 is 1. The Bertz CT molecular complexity index is 799. The van der Waals surface area contributed by atoms with E-state index in [1.54, 1.807) is 14.0 Å². The molecule has 1 aromatic heterocycles. The van der Waals surface area contributed by atoms with E-state index in [9.17, 15) is 9.59 Å². The van der Waals surface area contributed by atoms with Crippen molar-refractivity contribution < 1.29 is 19.1 Å². The van der Waals surface area contributed by atoms with E-state index in [-0.39, 0.29) is 12.5 Å². The van der Waals surface area contributed by atoms with Crippen molar-refractivity contribution in [2.24, 2.45) is 0 Å². The zero-order chi connectivity index (χ0) is 20.0. The second-order valence-electron chi connectivity index (χ2n) is 6.28. The molecule has 1 amide bonds. The Hall–Kier alpha value is -2.38. The van der Waals surface area contributed by atoms with Gasteiger partial charge in [-0.05, 0) is 51.1 Å². The minimum Gasteiger partial charge on any atom is -0.497 e. The smallest absolute Gasteiger partial charge is 0.341 e. The number of hydrogen-bond donors (Lipinski definition) is 1. The van der Waals surface area contributed by atoms with Crippen LogP contribution < -0.4 is 10.1 Å². The topological polar surface area (TPSA) is 67.9 Å². The summed E-state index contributed by atoms with van der Waals surface area (Å²) in [5.74, 6) is 0.230. The first-order valence-corrected chi connectivity index (χ1v) is 9.55. The van der Waals surface area contributed by atoms with E-state index in [4.69, 9.17) is 9.47 Å². The van der Waals surface area contributed by atoms with E-state index in [2.05, 4.69) is 5.32 Å². The molecule has 2 aromatic rings. The Morgan fingerprint density at radius 1 is 1.19 bits per heavy atom. The summed E-state index contributed by atoms with van der Waals surface area (Å²) in [6.45, 7) is 6.69. The Morgan fingerprint density at radius 2 is 1.85 bits per heavy atom. The Morgan fingerprint density at radius 3 is 2.44 bits per heavy atom. The zero-order valence-electron chi connectivity index (χ0n) is 16.4. The van der Waals surface area contributed by atoms with Crippen LogP contribution in [-0.4, -0.2) is 44.1 Å². The monoisotopic (exact) mass is 390 g/mol. The molecular formula is C20H26N2O4S. The molecule has 6 nitrogen and oxygen atoms in total. The van der Waals surface area contributed by atoms with E-state index < -0.39 is 5.97 Å². The van der Waals surface area contributed by atoms with E-state index in [1.807, 2.05) is 50.1 Å². The lowest BCUT2D eigenvalue weighted by molar-refractivity contribution is -0.117. The first-order chi connectivity index (χ1) is 12.8. The second-order valence-corrected chi connectivity index (χ2v) is 7.50. The summed E-state index contributed by atoms with van der Waals surface area (Å²) in [7, 11) is 3.50. The van der Waals surface area contributed by atoms with Crippen LogP contribution in [-0.2, 0) is 16.1 Å². The van der Waals surface area contributed by atoms with E-state index in [0.717, 1.165) is 21.8 Å². The molecule has 0 aliphatic heterocycles. The molecule has 0 saturated carbocycles. The highest BCUT2D eigenvalue weighted by Gasteiger charge is 2.22. The van der Waals surface area contributed by atoms with Gasteiger partial charge in [0.05, 0.1) is 25.8 Å². The van der Waals surface area contributed by atoms with Crippen LogP contribution in [0.4, 0.5) is 5.00 Å². The maximum atomic E-state index is 12.4. The maximum absolute atomic E-state index is 12.4. The number of likely N-dealkylation sites (N-methyl/N-ethyl adjacent to an activating group) is 1. The van der Waals surface area contributed by atoms with Crippen LogP contribution in [0.3, 0.4) is 0 Å². The number of rotatable bonds is 8. The number of ether oxygens (including phenoxy) is 2. The molecule has 7 heteroatoms. The minimum absolute atomic E-state index is 0.169. The molecule has 0 radical (unpaired) electrons. The number of esters is 1. The van der Waals surface area contributed by atoms with E-state index >= 15 is 0 Å². The van der Waals surface area contributed by atoms with Crippen molar-refractivity contribution in [1.82, 2.24) is 4.90 Å². The Labute approximate surface area is 164 Å². The fourth-order valence-corrected chi connectivity index (χ4v) is 3.74. The molecule has 146 valence electrons. The molecule has 27 heavy (non-hydrogen) atoms. The Balaban J connectivity index is 2.00. The summed E-state index contributed by atoms with van der Waals surface area (Å²) >= 11 is 1.39. The molecule has 1 aromatic carbocycles. The number of carbonyl (C=O) groups excluding carboxylic acids is 2. The minimum atomic E-state index is -0.402. The number of benzene rings is 1. The summed E-state index contributed by atoms with van der Waals surface area (Å²) in [6, 6.07) is 7.73. The highest BCUT2D eigenvalue weighted by atomic mass is 32.1. The number of carbonyl (C=O) groups is 2. The van der Waals surface area contributed by atoms with Crippen molar-refractivity contribution in [3.63, 3.8) is 0 Å². The largest absolute Gasteiger partial charge is 0.497 e. The number of thiophene rings is 1. The number of hydrogen-bond acceptors (Lipinski definition) is 6. The summed E-state index contributed by atoms with van der Waals surface area (Å²) in [5, 5.41) is 3.41. The van der Waals surface area contributed by atoms with Gasteiger partial charge in [-0.25, -0.2) is 4.79 Å². The predicted molar refractivity (Wildman–Crippen MR) is 108 cm³/mol. The van der Waals surface area contributed by atoms with Gasteiger partial charge in [0, 0.05) is 11.4 Å². The molecule has 0 unspecified atom stereocenters. The molecule has 0 aliphatic rings. The van der Waals surface area contributed by atoms with Crippen LogP contribution in [0, 0.1) is 13.8 Å². The average Bonchev–Trinajstić information content (AvgIpc) is 2.89. The van der Waals surface area contributed by atoms with Gasteiger partial charge in [-0.15, -0.1) is 11.3 Å². The SMILES string of the molecule is CCOC(=O)c1c(NC(=O)CN(C)Cc2ccc(OC)cc2)sc(C)c1C. The molecule has 0 atom stereocenters. The van der Waals surface area contributed by atoms with Gasteiger partial charge in [-0.3, -0.25) is 9.69 Å². The molecule has 0 spiro atoms. The number of aryl methyl sites for hydroxylation is 1. The first kappa shape index (κ1) is 20.9. The Kier molecular flexibility index (Phi) is 7.38. The van der Waals surface area contributed by atoms with Crippen LogP contribution in [0.25, 0.3) is 0 Å². The number of nitrogens with one attached hydrogen (secondary N) is 1. The molecule has 1 heterocycles. The standard InChI is InChI=1S/C20H26N2O4S/c1-6-26-20(24)18-13(2)14(3)27-19(18)21-17(23)12-22(4)11-15-7-9-16(25-5)10-8-15/h7-10H,6,11-12H2,1-5H3,(H,21,23). The second kappa shape index (κ2) is 9.53. The van der Waals surface area contributed by atoms with Crippen molar-refractivity contribution in [1.29, 1.82) is 0 Å². The normalized spacial score (nSPS) is 10.7. The van der Waals surface area contributed by atoms with Gasteiger partial charge in [0.15, 0.2) is 0 Å². The summed E-state index contributed by atoms with van der Waals surface area (Å²) in [4.78, 5) is 27.6. The van der Waals surface area contributed by atoms with Gasteiger partial charge < -0.3 is 14.8 Å². The van der Waals surface area contributed by atoms with Crippen LogP contribution >= 0.6 is 11.3 Å². The molecule has 0 saturated heterocycles. The van der Waals surface area contributed by atoms with Gasteiger partial charge in [-0.1, -0.05) is 12.1 Å². The summed E-state index contributed by atoms with van der Waals surface area (Å²) < 4.78 is 10.3. The fourth-order valence-electron chi connectivity index (χ4n) is 2.67. The van der Waals surface area contributed by atoms with E-state index in [1.165, 1.54) is 11.3 Å². The fraction of sp³-hybridized carbons (Fsp3) is 0.400. The maximum Gasteiger partial charge on any atom is 0.341 e. The molecule has 0 fully saturated rings. The predicted octanol–water partition coefficient (Wildman–Crippen LogP) is 3.62. The first-order valence-electron chi connectivity index (χ1n) is 8.74. The lowest BCUT2D eigenvalue weighted by Crippen LogP contribution is -2.30. The van der Waals surface area contributed by atoms with Gasteiger partial charge in [-0.2, -0.15) is 0 Å². The van der Waals surface area contributed by atoms with Gasteiger partial charge in [0.2, 0.25) is 5.91 Å². The average molecular weight is 391 g/mol. The highest BCUT2D eigenvalue weighted by Crippen LogP contribution is 2.33. The van der Waals surface area contributed by atoms with Gasteiger partial charge >= 0.3 is 5.97 Å². The molecule has 2 rings (SSSR count). The van der Waals surface area contributed by atoms with Crippen molar-refractivity contribution in [3.8, 4) is 5.75 Å². The lowest BCUT2D eigenvalue weighted by Gasteiger charge is -2.16. The van der Waals surface area contributed by atoms with Gasteiger partial charge in [0.1, 0.15) is 10.8 Å². The lowest BCUT2D eigenvalue weighted by atomic mass is 10.1. The van der Waals surface area contributed by atoms with Crippen molar-refractivity contribution in [3.05, 3.63) is 45.8 Å². The highest BCUT2D eigenvalue weighted by molar-refractivity contribution is 7.16. The third kappa shape index (κ3) is 5.55. The number of amides is 1. The third-order valence-electron chi connectivity index (χ3n) is 4.14. The number of anilines is 1. The summed E-state index contributed by atoms with van der Waals surface area (Å²) in [6.07, 6.45) is 0. The summed E-state index contributed by atoms with van der Waals surface area (Å²) in [5.41, 5.74) is 2.38. The van der Waals surface area contributed by atoms with E-state index in [0.29, 0.717) is 23.7 Å². The molecule has 0 aliphatic carbocycles. The molecule has 1 N–H and O–H groups in total. The zero-order valence-corrected chi connectivity index (χ0v) is 17.2. The molecule has 0 bridgehead atoms. The van der Waals surface area contributed by atoms with Crippen molar-refractivity contribution >= 4 is 28.2 Å². The van der Waals surface area contributed by atoms with Crippen molar-refractivity contribution in [2.75, 3.05) is 32.6 Å². The third-order valence-corrected chi connectivity index (χ3v) is 5.27. The van der Waals surface area contributed by atoms with Crippen LogP contribution in [0.15, 0.2) is 24.3 Å². The molecular weight excluding hydrogens is 364 g/mol. The number of nitrogens with zero attached hydrogens (tertiary/aromatic N) is 1. The van der Waals surface area contributed by atoms with Crippen LogP contribution in [0.2, 0.25) is 0 Å². The quantitative estimate of drug-likeness (QED) is 0.697. The van der Waals surface area contributed by atoms with Crippen molar-refractivity contribution in [2.45, 2.75) is 27.3 Å². The van der Waals surface area contributed by atoms with Gasteiger partial charge in [0.25, 0.3) is 0 Å². The van der Waals surface area contributed by atoms with Crippen LogP contribution in [0.5, 0.6) is 5.75 Å². The van der Waals surface area contributed by atoms with Crippen LogP contribution in [0.1, 0.15) is 33.3 Å².